The highest BCUT2D eigenvalue weighted by molar-refractivity contribution is 5.91. The van der Waals surface area contributed by atoms with E-state index in [1.165, 1.54) is 43.0 Å². The molecule has 0 unspecified atom stereocenters. The van der Waals surface area contributed by atoms with Crippen molar-refractivity contribution in [3.8, 4) is 0 Å². The van der Waals surface area contributed by atoms with Crippen molar-refractivity contribution in [1.29, 1.82) is 0 Å². The molecule has 0 bridgehead atoms. The van der Waals surface area contributed by atoms with Crippen LogP contribution in [0.2, 0.25) is 0 Å². The van der Waals surface area contributed by atoms with E-state index in [9.17, 15) is 4.79 Å². The van der Waals surface area contributed by atoms with Gasteiger partial charge in [-0.3, -0.25) is 9.36 Å². The van der Waals surface area contributed by atoms with Gasteiger partial charge in [0.1, 0.15) is 12.1 Å². The SMILES string of the molecule is CN(c1ncnc2c1ccn2C=O)C1CCCCC1. The molecule has 1 aliphatic carbocycles. The molecule has 1 fully saturated rings. The van der Waals surface area contributed by atoms with Gasteiger partial charge in [0.25, 0.3) is 0 Å². The van der Waals surface area contributed by atoms with Crippen LogP contribution >= 0.6 is 0 Å². The zero-order valence-corrected chi connectivity index (χ0v) is 11.1. The monoisotopic (exact) mass is 258 g/mol. The summed E-state index contributed by atoms with van der Waals surface area (Å²) in [6, 6.07) is 2.46. The first-order valence-corrected chi connectivity index (χ1v) is 6.81. The number of hydrogen-bond donors (Lipinski definition) is 0. The van der Waals surface area contributed by atoms with Gasteiger partial charge in [-0.1, -0.05) is 19.3 Å². The Morgan fingerprint density at radius 3 is 2.84 bits per heavy atom. The predicted octanol–water partition coefficient (Wildman–Crippen LogP) is 2.24. The Morgan fingerprint density at radius 2 is 2.11 bits per heavy atom. The highest BCUT2D eigenvalue weighted by Crippen LogP contribution is 2.29. The summed E-state index contributed by atoms with van der Waals surface area (Å²) >= 11 is 0. The van der Waals surface area contributed by atoms with Crippen LogP contribution in [-0.4, -0.2) is 34.0 Å². The first kappa shape index (κ1) is 12.1. The zero-order chi connectivity index (χ0) is 13.2. The largest absolute Gasteiger partial charge is 0.356 e. The maximum absolute atomic E-state index is 11.0. The average molecular weight is 258 g/mol. The lowest BCUT2D eigenvalue weighted by Gasteiger charge is -2.32. The van der Waals surface area contributed by atoms with E-state index in [4.69, 9.17) is 0 Å². The number of hydrogen-bond acceptors (Lipinski definition) is 4. The van der Waals surface area contributed by atoms with Crippen LogP contribution in [0.5, 0.6) is 0 Å². The summed E-state index contributed by atoms with van der Waals surface area (Å²) in [5.74, 6) is 0.928. The normalized spacial score (nSPS) is 16.7. The number of nitrogens with zero attached hydrogens (tertiary/aromatic N) is 4. The lowest BCUT2D eigenvalue weighted by molar-refractivity contribution is 0.426. The fraction of sp³-hybridized carbons (Fsp3) is 0.500. The van der Waals surface area contributed by atoms with Gasteiger partial charge in [-0.25, -0.2) is 9.97 Å². The van der Waals surface area contributed by atoms with Crippen LogP contribution in [0.4, 0.5) is 5.82 Å². The molecular weight excluding hydrogens is 240 g/mol. The molecule has 0 radical (unpaired) electrons. The summed E-state index contributed by atoms with van der Waals surface area (Å²) in [4.78, 5) is 21.8. The Hall–Kier alpha value is -1.91. The molecule has 1 aliphatic rings. The topological polar surface area (TPSA) is 51.0 Å². The van der Waals surface area contributed by atoms with Gasteiger partial charge in [0.05, 0.1) is 5.39 Å². The third-order valence-electron chi connectivity index (χ3n) is 4.06. The van der Waals surface area contributed by atoms with Gasteiger partial charge in [0.15, 0.2) is 5.65 Å². The van der Waals surface area contributed by atoms with Crippen molar-refractivity contribution < 1.29 is 4.79 Å². The molecule has 0 amide bonds. The number of anilines is 1. The molecule has 3 rings (SSSR count). The molecule has 2 aromatic heterocycles. The summed E-state index contributed by atoms with van der Waals surface area (Å²) in [6.07, 6.45) is 10.4. The Balaban J connectivity index is 1.99. The molecule has 2 heterocycles. The lowest BCUT2D eigenvalue weighted by Crippen LogP contribution is -2.34. The van der Waals surface area contributed by atoms with Crippen molar-refractivity contribution in [2.24, 2.45) is 0 Å². The number of rotatable bonds is 3. The quantitative estimate of drug-likeness (QED) is 0.792. The molecule has 19 heavy (non-hydrogen) atoms. The van der Waals surface area contributed by atoms with Gasteiger partial charge in [0.2, 0.25) is 6.41 Å². The molecule has 2 aromatic rings. The summed E-state index contributed by atoms with van der Waals surface area (Å²) in [5, 5.41) is 0.947. The van der Waals surface area contributed by atoms with E-state index in [1.807, 2.05) is 6.07 Å². The number of aromatic nitrogens is 3. The van der Waals surface area contributed by atoms with Crippen molar-refractivity contribution in [3.63, 3.8) is 0 Å². The lowest BCUT2D eigenvalue weighted by atomic mass is 9.94. The summed E-state index contributed by atoms with van der Waals surface area (Å²) in [7, 11) is 2.09. The van der Waals surface area contributed by atoms with E-state index in [0.717, 1.165) is 17.6 Å². The van der Waals surface area contributed by atoms with E-state index in [2.05, 4.69) is 21.9 Å². The molecule has 0 atom stereocenters. The van der Waals surface area contributed by atoms with Crippen LogP contribution in [0, 0.1) is 0 Å². The van der Waals surface area contributed by atoms with Crippen molar-refractivity contribution in [3.05, 3.63) is 18.6 Å². The molecule has 1 saturated carbocycles. The average Bonchev–Trinajstić information content (AvgIpc) is 2.90. The molecule has 100 valence electrons. The van der Waals surface area contributed by atoms with Crippen LogP contribution in [0.3, 0.4) is 0 Å². The van der Waals surface area contributed by atoms with Gasteiger partial charge >= 0.3 is 0 Å². The third kappa shape index (κ3) is 2.09. The predicted molar refractivity (Wildman–Crippen MR) is 75.0 cm³/mol. The van der Waals surface area contributed by atoms with Gasteiger partial charge in [0, 0.05) is 19.3 Å². The second kappa shape index (κ2) is 4.99. The zero-order valence-electron chi connectivity index (χ0n) is 11.1. The first-order valence-electron chi connectivity index (χ1n) is 6.81. The van der Waals surface area contributed by atoms with Crippen LogP contribution in [-0.2, 0) is 4.79 Å². The van der Waals surface area contributed by atoms with E-state index in [-0.39, 0.29) is 0 Å². The van der Waals surface area contributed by atoms with Gasteiger partial charge in [-0.15, -0.1) is 0 Å². The maximum atomic E-state index is 11.0. The third-order valence-corrected chi connectivity index (χ3v) is 4.06. The van der Waals surface area contributed by atoms with Crippen molar-refractivity contribution in [2.45, 2.75) is 38.1 Å². The van der Waals surface area contributed by atoms with E-state index < -0.39 is 0 Å². The minimum Gasteiger partial charge on any atom is -0.356 e. The number of fused-ring (bicyclic) bond motifs is 1. The fourth-order valence-electron chi connectivity index (χ4n) is 2.96. The van der Waals surface area contributed by atoms with Crippen molar-refractivity contribution >= 4 is 23.3 Å². The fourth-order valence-corrected chi connectivity index (χ4v) is 2.96. The Morgan fingerprint density at radius 1 is 1.32 bits per heavy atom. The van der Waals surface area contributed by atoms with Crippen LogP contribution in [0.15, 0.2) is 18.6 Å². The van der Waals surface area contributed by atoms with Crippen LogP contribution in [0.1, 0.15) is 32.1 Å². The van der Waals surface area contributed by atoms with Gasteiger partial charge in [-0.05, 0) is 18.9 Å². The number of carbonyl (C=O) groups is 1. The van der Waals surface area contributed by atoms with E-state index >= 15 is 0 Å². The van der Waals surface area contributed by atoms with Crippen molar-refractivity contribution in [2.75, 3.05) is 11.9 Å². The highest BCUT2D eigenvalue weighted by atomic mass is 16.1. The van der Waals surface area contributed by atoms with Gasteiger partial charge < -0.3 is 4.90 Å². The van der Waals surface area contributed by atoms with Crippen LogP contribution in [0.25, 0.3) is 11.0 Å². The minimum absolute atomic E-state index is 0.548. The number of carbonyl (C=O) groups excluding carboxylic acids is 1. The first-order chi connectivity index (χ1) is 9.31. The molecule has 0 aliphatic heterocycles. The molecule has 5 heteroatoms. The van der Waals surface area contributed by atoms with Gasteiger partial charge in [-0.2, -0.15) is 0 Å². The molecule has 0 N–H and O–H groups in total. The van der Waals surface area contributed by atoms with Crippen LogP contribution < -0.4 is 4.90 Å². The molecular formula is C14H18N4O. The smallest absolute Gasteiger partial charge is 0.219 e. The molecule has 0 spiro atoms. The Labute approximate surface area is 112 Å². The molecule has 5 nitrogen and oxygen atoms in total. The van der Waals surface area contributed by atoms with E-state index in [0.29, 0.717) is 11.7 Å². The molecule has 0 aromatic carbocycles. The highest BCUT2D eigenvalue weighted by Gasteiger charge is 2.21. The molecule has 0 saturated heterocycles. The van der Waals surface area contributed by atoms with Crippen molar-refractivity contribution in [1.82, 2.24) is 14.5 Å². The summed E-state index contributed by atoms with van der Waals surface area (Å²) in [6.45, 7) is 0. The van der Waals surface area contributed by atoms with E-state index in [1.54, 1.807) is 6.20 Å². The second-order valence-corrected chi connectivity index (χ2v) is 5.17. The minimum atomic E-state index is 0.548. The second-order valence-electron chi connectivity index (χ2n) is 5.17. The maximum Gasteiger partial charge on any atom is 0.219 e. The summed E-state index contributed by atoms with van der Waals surface area (Å²) < 4.78 is 1.50. The Bertz CT molecular complexity index is 586. The standard InChI is InChI=1S/C14H18N4O/c1-17(11-5-3-2-4-6-11)13-12-7-8-18(10-19)14(12)16-9-15-13/h7-11H,2-6H2,1H3. The summed E-state index contributed by atoms with van der Waals surface area (Å²) in [5.41, 5.74) is 0.683. The Kier molecular flexibility index (Phi) is 3.19.